The highest BCUT2D eigenvalue weighted by molar-refractivity contribution is 4.97. The Hall–Kier alpha value is -0.150. The summed E-state index contributed by atoms with van der Waals surface area (Å²) in [7, 11) is 0. The predicted molar refractivity (Wildman–Crippen MR) is 62.9 cm³/mol. The number of hydrogen-bond acceptors (Lipinski definition) is 2. The molecule has 3 heteroatoms. The Balaban J connectivity index is 2.84. The van der Waals surface area contributed by atoms with Gasteiger partial charge in [0.25, 0.3) is 0 Å². The lowest BCUT2D eigenvalue weighted by Gasteiger charge is -2.40. The number of nitrogens with zero attached hydrogens (tertiary/aromatic N) is 1. The second-order valence-corrected chi connectivity index (χ2v) is 5.45. The molecule has 1 N–H and O–H groups in total. The molecular formula is C12H25FN2. The Bertz CT molecular complexity index is 206. The first kappa shape index (κ1) is 12.9. The molecule has 0 aromatic heterocycles. The summed E-state index contributed by atoms with van der Waals surface area (Å²) in [4.78, 5) is 2.29. The van der Waals surface area contributed by atoms with E-state index in [1.54, 1.807) is 0 Å². The van der Waals surface area contributed by atoms with Crippen molar-refractivity contribution in [3.05, 3.63) is 0 Å². The highest BCUT2D eigenvalue weighted by Crippen LogP contribution is 2.24. The molecule has 0 radical (unpaired) electrons. The van der Waals surface area contributed by atoms with Gasteiger partial charge in [0.05, 0.1) is 0 Å². The number of hydrogen-bond donors (Lipinski definition) is 1. The molecule has 1 fully saturated rings. The highest BCUT2D eigenvalue weighted by Gasteiger charge is 2.37. The summed E-state index contributed by atoms with van der Waals surface area (Å²) >= 11 is 0. The third-order valence-corrected chi connectivity index (χ3v) is 3.76. The van der Waals surface area contributed by atoms with Gasteiger partial charge in [-0.2, -0.15) is 0 Å². The van der Waals surface area contributed by atoms with E-state index >= 15 is 0 Å². The molecule has 0 amide bonds. The van der Waals surface area contributed by atoms with Crippen LogP contribution in [0, 0.1) is 0 Å². The number of rotatable bonds is 2. The average Bonchev–Trinajstić information content (AvgIpc) is 2.16. The van der Waals surface area contributed by atoms with Crippen LogP contribution in [0.3, 0.4) is 0 Å². The van der Waals surface area contributed by atoms with Gasteiger partial charge in [0.15, 0.2) is 0 Å². The molecule has 0 spiro atoms. The van der Waals surface area contributed by atoms with Crippen molar-refractivity contribution in [2.75, 3.05) is 13.2 Å². The van der Waals surface area contributed by atoms with Gasteiger partial charge in [0, 0.05) is 30.2 Å². The monoisotopic (exact) mass is 216 g/mol. The maximum atomic E-state index is 12.5. The molecule has 0 saturated carbocycles. The quantitative estimate of drug-likeness (QED) is 0.761. The van der Waals surface area contributed by atoms with Crippen LogP contribution in [0.15, 0.2) is 0 Å². The summed E-state index contributed by atoms with van der Waals surface area (Å²) in [5.74, 6) is 0. The van der Waals surface area contributed by atoms with Gasteiger partial charge in [-0.25, -0.2) is 4.39 Å². The van der Waals surface area contributed by atoms with E-state index in [4.69, 9.17) is 0 Å². The second kappa shape index (κ2) is 4.79. The number of alkyl halides is 1. The molecule has 1 saturated heterocycles. The van der Waals surface area contributed by atoms with Crippen molar-refractivity contribution < 1.29 is 4.39 Å². The summed E-state index contributed by atoms with van der Waals surface area (Å²) < 4.78 is 12.5. The minimum atomic E-state index is -0.251. The van der Waals surface area contributed by atoms with Crippen molar-refractivity contribution in [1.29, 1.82) is 0 Å². The number of halogens is 1. The van der Waals surface area contributed by atoms with Crippen molar-refractivity contribution in [2.45, 2.75) is 64.7 Å². The zero-order valence-corrected chi connectivity index (χ0v) is 10.7. The second-order valence-electron chi connectivity index (χ2n) is 5.45. The molecule has 3 unspecified atom stereocenters. The van der Waals surface area contributed by atoms with Crippen LogP contribution in [0.4, 0.5) is 4.39 Å². The normalized spacial score (nSPS) is 37.6. The summed E-state index contributed by atoms with van der Waals surface area (Å²) in [6.07, 6.45) is 1.09. The molecular weight excluding hydrogens is 191 g/mol. The summed E-state index contributed by atoms with van der Waals surface area (Å²) in [5.41, 5.74) is 0.0549. The zero-order valence-electron chi connectivity index (χ0n) is 10.7. The molecule has 0 aromatic rings. The molecule has 1 rings (SSSR count). The van der Waals surface area contributed by atoms with Gasteiger partial charge in [0.2, 0.25) is 0 Å². The van der Waals surface area contributed by atoms with Crippen molar-refractivity contribution >= 4 is 0 Å². The van der Waals surface area contributed by atoms with E-state index in [0.717, 1.165) is 6.42 Å². The largest absolute Gasteiger partial charge is 0.308 e. The molecule has 3 atom stereocenters. The van der Waals surface area contributed by atoms with Crippen molar-refractivity contribution in [3.63, 3.8) is 0 Å². The van der Waals surface area contributed by atoms with Crippen molar-refractivity contribution in [1.82, 2.24) is 10.2 Å². The first-order chi connectivity index (χ1) is 6.88. The fraction of sp³-hybridized carbons (Fsp3) is 1.00. The van der Waals surface area contributed by atoms with Gasteiger partial charge in [-0.3, -0.25) is 4.90 Å². The third kappa shape index (κ3) is 2.91. The van der Waals surface area contributed by atoms with Gasteiger partial charge in [-0.05, 0) is 41.0 Å². The van der Waals surface area contributed by atoms with Crippen LogP contribution >= 0.6 is 0 Å². The Kier molecular flexibility index (Phi) is 4.13. The first-order valence-electron chi connectivity index (χ1n) is 5.98. The fourth-order valence-corrected chi connectivity index (χ4v) is 2.77. The minimum absolute atomic E-state index is 0.0549. The number of nitrogens with one attached hydrogen (secondary N) is 1. The Morgan fingerprint density at radius 3 is 2.47 bits per heavy atom. The molecule has 1 aliphatic heterocycles. The predicted octanol–water partition coefficient (Wildman–Crippen LogP) is 2.20. The van der Waals surface area contributed by atoms with E-state index in [2.05, 4.69) is 44.8 Å². The molecule has 0 aromatic carbocycles. The molecule has 2 nitrogen and oxygen atoms in total. The Morgan fingerprint density at radius 1 is 1.33 bits per heavy atom. The topological polar surface area (TPSA) is 15.3 Å². The van der Waals surface area contributed by atoms with E-state index in [-0.39, 0.29) is 12.2 Å². The first-order valence-corrected chi connectivity index (χ1v) is 5.98. The van der Waals surface area contributed by atoms with Crippen LogP contribution in [0.1, 0.15) is 41.0 Å². The molecule has 1 aliphatic rings. The third-order valence-electron chi connectivity index (χ3n) is 3.76. The maximum absolute atomic E-state index is 12.5. The van der Waals surface area contributed by atoms with E-state index in [1.165, 1.54) is 0 Å². The van der Waals surface area contributed by atoms with Crippen LogP contribution in [-0.2, 0) is 0 Å². The minimum Gasteiger partial charge on any atom is -0.308 e. The van der Waals surface area contributed by atoms with Gasteiger partial charge in [0.1, 0.15) is 6.67 Å². The van der Waals surface area contributed by atoms with Crippen molar-refractivity contribution in [2.24, 2.45) is 0 Å². The SMILES string of the molecule is CC1CC(C)N(CCF)C(C)C(C)(C)N1. The summed E-state index contributed by atoms with van der Waals surface area (Å²) in [6, 6.07) is 1.33. The lowest BCUT2D eigenvalue weighted by Crippen LogP contribution is -2.56. The smallest absolute Gasteiger partial charge is 0.102 e. The van der Waals surface area contributed by atoms with E-state index in [9.17, 15) is 4.39 Å². The molecule has 90 valence electrons. The lowest BCUT2D eigenvalue weighted by molar-refractivity contribution is 0.104. The van der Waals surface area contributed by atoms with E-state index in [1.807, 2.05) is 0 Å². The van der Waals surface area contributed by atoms with Crippen LogP contribution < -0.4 is 5.32 Å². The molecule has 15 heavy (non-hydrogen) atoms. The summed E-state index contributed by atoms with van der Waals surface area (Å²) in [6.45, 7) is 11.3. The average molecular weight is 216 g/mol. The highest BCUT2D eigenvalue weighted by atomic mass is 19.1. The van der Waals surface area contributed by atoms with Gasteiger partial charge < -0.3 is 5.32 Å². The molecule has 1 heterocycles. The van der Waals surface area contributed by atoms with E-state index in [0.29, 0.717) is 24.7 Å². The van der Waals surface area contributed by atoms with Gasteiger partial charge >= 0.3 is 0 Å². The summed E-state index contributed by atoms with van der Waals surface area (Å²) in [5, 5.41) is 3.62. The Labute approximate surface area is 93.2 Å². The van der Waals surface area contributed by atoms with Gasteiger partial charge in [-0.15, -0.1) is 0 Å². The van der Waals surface area contributed by atoms with E-state index < -0.39 is 0 Å². The fourth-order valence-electron chi connectivity index (χ4n) is 2.77. The van der Waals surface area contributed by atoms with Crippen LogP contribution in [0.5, 0.6) is 0 Å². The standard InChI is InChI=1S/C12H25FN2/c1-9-8-10(2)15(7-6-13)11(3)12(4,5)14-9/h9-11,14H,6-8H2,1-5H3. The van der Waals surface area contributed by atoms with Crippen LogP contribution in [0.25, 0.3) is 0 Å². The Morgan fingerprint density at radius 2 is 1.93 bits per heavy atom. The lowest BCUT2D eigenvalue weighted by atomic mass is 9.94. The van der Waals surface area contributed by atoms with Crippen LogP contribution in [0.2, 0.25) is 0 Å². The maximum Gasteiger partial charge on any atom is 0.102 e. The molecule has 0 bridgehead atoms. The zero-order chi connectivity index (χ0) is 11.6. The van der Waals surface area contributed by atoms with Crippen LogP contribution in [-0.4, -0.2) is 41.8 Å². The van der Waals surface area contributed by atoms with Gasteiger partial charge in [-0.1, -0.05) is 0 Å². The molecule has 0 aliphatic carbocycles. The van der Waals surface area contributed by atoms with Crippen molar-refractivity contribution in [3.8, 4) is 0 Å².